The van der Waals surface area contributed by atoms with E-state index in [9.17, 15) is 4.39 Å². The minimum atomic E-state index is -0.715. The summed E-state index contributed by atoms with van der Waals surface area (Å²) in [4.78, 5) is 0. The van der Waals surface area contributed by atoms with Crippen molar-refractivity contribution in [3.8, 4) is 0 Å². The van der Waals surface area contributed by atoms with Gasteiger partial charge in [-0.1, -0.05) is 0 Å². The number of aliphatic hydroxyl groups excluding tert-OH is 1. The minimum absolute atomic E-state index is 0.281. The SMILES string of the molecule is OC[C@H](CF)OC1CCCCO1. The monoisotopic (exact) mass is 178 g/mol. The van der Waals surface area contributed by atoms with E-state index in [0.29, 0.717) is 6.61 Å². The van der Waals surface area contributed by atoms with Crippen LogP contribution in [0.5, 0.6) is 0 Å². The van der Waals surface area contributed by atoms with Gasteiger partial charge in [-0.3, -0.25) is 0 Å². The van der Waals surface area contributed by atoms with Crippen molar-refractivity contribution in [2.24, 2.45) is 0 Å². The van der Waals surface area contributed by atoms with Gasteiger partial charge in [0.15, 0.2) is 6.29 Å². The molecular weight excluding hydrogens is 163 g/mol. The summed E-state index contributed by atoms with van der Waals surface area (Å²) in [6.07, 6.45) is 1.87. The van der Waals surface area contributed by atoms with Crippen LogP contribution in [0.2, 0.25) is 0 Å². The summed E-state index contributed by atoms with van der Waals surface area (Å²) in [5.74, 6) is 0. The molecule has 1 heterocycles. The first kappa shape index (κ1) is 9.89. The summed E-state index contributed by atoms with van der Waals surface area (Å²) in [5.41, 5.74) is 0. The lowest BCUT2D eigenvalue weighted by Gasteiger charge is -2.25. The number of alkyl halides is 1. The van der Waals surface area contributed by atoms with Crippen molar-refractivity contribution in [1.82, 2.24) is 0 Å². The van der Waals surface area contributed by atoms with E-state index in [2.05, 4.69) is 0 Å². The van der Waals surface area contributed by atoms with E-state index in [-0.39, 0.29) is 12.9 Å². The van der Waals surface area contributed by atoms with E-state index < -0.39 is 12.8 Å². The van der Waals surface area contributed by atoms with Gasteiger partial charge in [0.05, 0.1) is 6.61 Å². The predicted octanol–water partition coefficient (Wildman–Crippen LogP) is 0.860. The number of hydrogen-bond acceptors (Lipinski definition) is 3. The van der Waals surface area contributed by atoms with Crippen LogP contribution in [0.3, 0.4) is 0 Å². The van der Waals surface area contributed by atoms with Crippen LogP contribution >= 0.6 is 0 Å². The topological polar surface area (TPSA) is 38.7 Å². The van der Waals surface area contributed by atoms with Crippen LogP contribution in [-0.2, 0) is 9.47 Å². The second-order valence-corrected chi connectivity index (χ2v) is 2.89. The molecule has 1 aliphatic rings. The number of ether oxygens (including phenoxy) is 2. The van der Waals surface area contributed by atoms with Gasteiger partial charge in [-0.25, -0.2) is 4.39 Å². The van der Waals surface area contributed by atoms with E-state index >= 15 is 0 Å². The van der Waals surface area contributed by atoms with Crippen LogP contribution in [0.1, 0.15) is 19.3 Å². The van der Waals surface area contributed by atoms with Gasteiger partial charge in [0.2, 0.25) is 0 Å². The third-order valence-corrected chi connectivity index (χ3v) is 1.86. The molecule has 1 fully saturated rings. The Hall–Kier alpha value is -0.190. The molecule has 2 atom stereocenters. The highest BCUT2D eigenvalue weighted by atomic mass is 19.1. The zero-order valence-corrected chi connectivity index (χ0v) is 7.04. The highest BCUT2D eigenvalue weighted by molar-refractivity contribution is 4.59. The molecule has 3 nitrogen and oxygen atoms in total. The Labute approximate surface area is 71.5 Å². The van der Waals surface area contributed by atoms with Crippen molar-refractivity contribution in [3.05, 3.63) is 0 Å². The average molecular weight is 178 g/mol. The van der Waals surface area contributed by atoms with Gasteiger partial charge in [-0.2, -0.15) is 0 Å². The molecule has 0 radical (unpaired) electrons. The molecule has 0 saturated carbocycles. The normalized spacial score (nSPS) is 27.0. The summed E-state index contributed by atoms with van der Waals surface area (Å²) in [6, 6.07) is 0. The van der Waals surface area contributed by atoms with Gasteiger partial charge >= 0.3 is 0 Å². The molecule has 12 heavy (non-hydrogen) atoms. The zero-order valence-electron chi connectivity index (χ0n) is 7.04. The van der Waals surface area contributed by atoms with Crippen LogP contribution in [-0.4, -0.2) is 37.4 Å². The molecule has 0 bridgehead atoms. The van der Waals surface area contributed by atoms with Crippen LogP contribution in [0, 0.1) is 0 Å². The van der Waals surface area contributed by atoms with E-state index in [0.717, 1.165) is 19.3 Å². The molecule has 72 valence electrons. The quantitative estimate of drug-likeness (QED) is 0.694. The van der Waals surface area contributed by atoms with Crippen LogP contribution < -0.4 is 0 Å². The molecule has 1 saturated heterocycles. The Morgan fingerprint density at radius 1 is 1.58 bits per heavy atom. The molecule has 1 rings (SSSR count). The van der Waals surface area contributed by atoms with Crippen LogP contribution in [0.15, 0.2) is 0 Å². The van der Waals surface area contributed by atoms with Crippen molar-refractivity contribution < 1.29 is 19.0 Å². The molecule has 0 aromatic rings. The van der Waals surface area contributed by atoms with Gasteiger partial charge in [0, 0.05) is 6.61 Å². The Kier molecular flexibility index (Phi) is 4.50. The molecule has 4 heteroatoms. The summed E-state index contributed by atoms with van der Waals surface area (Å²) < 4.78 is 22.4. The lowest BCUT2D eigenvalue weighted by atomic mass is 10.2. The fourth-order valence-corrected chi connectivity index (χ4v) is 1.16. The van der Waals surface area contributed by atoms with Gasteiger partial charge in [-0.15, -0.1) is 0 Å². The fourth-order valence-electron chi connectivity index (χ4n) is 1.16. The number of halogens is 1. The third-order valence-electron chi connectivity index (χ3n) is 1.86. The number of aliphatic hydroxyl groups is 1. The summed E-state index contributed by atoms with van der Waals surface area (Å²) in [7, 11) is 0. The van der Waals surface area contributed by atoms with Gasteiger partial charge < -0.3 is 14.6 Å². The van der Waals surface area contributed by atoms with E-state index in [1.54, 1.807) is 0 Å². The Balaban J connectivity index is 2.18. The smallest absolute Gasteiger partial charge is 0.158 e. The van der Waals surface area contributed by atoms with Gasteiger partial charge in [-0.05, 0) is 19.3 Å². The molecule has 0 aliphatic carbocycles. The molecule has 0 aromatic carbocycles. The molecule has 1 unspecified atom stereocenters. The lowest BCUT2D eigenvalue weighted by Crippen LogP contribution is -2.31. The minimum Gasteiger partial charge on any atom is -0.394 e. The van der Waals surface area contributed by atoms with Crippen molar-refractivity contribution in [3.63, 3.8) is 0 Å². The maximum absolute atomic E-state index is 12.1. The first-order chi connectivity index (χ1) is 5.86. The first-order valence-corrected chi connectivity index (χ1v) is 4.30. The lowest BCUT2D eigenvalue weighted by molar-refractivity contribution is -0.197. The second kappa shape index (κ2) is 5.45. The largest absolute Gasteiger partial charge is 0.394 e. The fraction of sp³-hybridized carbons (Fsp3) is 1.00. The van der Waals surface area contributed by atoms with Gasteiger partial charge in [0.25, 0.3) is 0 Å². The zero-order chi connectivity index (χ0) is 8.81. The highest BCUT2D eigenvalue weighted by Crippen LogP contribution is 2.15. The Bertz CT molecular complexity index is 111. The summed E-state index contributed by atoms with van der Waals surface area (Å²) >= 11 is 0. The average Bonchev–Trinajstić information content (AvgIpc) is 2.16. The molecule has 0 aromatic heterocycles. The van der Waals surface area contributed by atoms with Gasteiger partial charge in [0.1, 0.15) is 12.8 Å². The molecule has 0 spiro atoms. The van der Waals surface area contributed by atoms with Crippen LogP contribution in [0.25, 0.3) is 0 Å². The summed E-state index contributed by atoms with van der Waals surface area (Å²) in [6.45, 7) is -0.262. The maximum Gasteiger partial charge on any atom is 0.158 e. The van der Waals surface area contributed by atoms with Crippen LogP contribution in [0.4, 0.5) is 4.39 Å². The molecular formula is C8H15FO3. The predicted molar refractivity (Wildman–Crippen MR) is 41.5 cm³/mol. The van der Waals surface area contributed by atoms with Crippen molar-refractivity contribution in [2.45, 2.75) is 31.7 Å². The Morgan fingerprint density at radius 2 is 2.42 bits per heavy atom. The molecule has 0 amide bonds. The van der Waals surface area contributed by atoms with Crippen molar-refractivity contribution in [1.29, 1.82) is 0 Å². The summed E-state index contributed by atoms with van der Waals surface area (Å²) in [5, 5.41) is 8.64. The third kappa shape index (κ3) is 3.05. The molecule has 1 aliphatic heterocycles. The number of hydrogen-bond donors (Lipinski definition) is 1. The standard InChI is InChI=1S/C8H15FO3/c9-5-7(6-10)12-8-3-1-2-4-11-8/h7-8,10H,1-6H2/t7-,8?/m0/s1. The molecule has 1 N–H and O–H groups in total. The first-order valence-electron chi connectivity index (χ1n) is 4.30. The van der Waals surface area contributed by atoms with E-state index in [1.807, 2.05) is 0 Å². The number of rotatable bonds is 4. The van der Waals surface area contributed by atoms with E-state index in [4.69, 9.17) is 14.6 Å². The second-order valence-electron chi connectivity index (χ2n) is 2.89. The van der Waals surface area contributed by atoms with E-state index in [1.165, 1.54) is 0 Å². The van der Waals surface area contributed by atoms with Crippen molar-refractivity contribution in [2.75, 3.05) is 19.9 Å². The maximum atomic E-state index is 12.1. The Morgan fingerprint density at radius 3 is 2.92 bits per heavy atom. The van der Waals surface area contributed by atoms with Crippen molar-refractivity contribution >= 4 is 0 Å². The highest BCUT2D eigenvalue weighted by Gasteiger charge is 2.18.